The van der Waals surface area contributed by atoms with Crippen molar-refractivity contribution in [3.63, 3.8) is 0 Å². The topological polar surface area (TPSA) is 87.3 Å². The highest BCUT2D eigenvalue weighted by Gasteiger charge is 2.32. The Kier molecular flexibility index (Phi) is 6.15. The number of amides is 1. The van der Waals surface area contributed by atoms with Gasteiger partial charge < -0.3 is 19.9 Å². The molecule has 0 spiro atoms. The highest BCUT2D eigenvalue weighted by molar-refractivity contribution is 7.22. The van der Waals surface area contributed by atoms with Gasteiger partial charge in [-0.15, -0.1) is 0 Å². The number of nitrogens with zero attached hydrogens (tertiary/aromatic N) is 2. The van der Waals surface area contributed by atoms with Gasteiger partial charge in [0.25, 0.3) is 5.91 Å². The van der Waals surface area contributed by atoms with Crippen LogP contribution in [-0.2, 0) is 4.74 Å². The van der Waals surface area contributed by atoms with Crippen LogP contribution < -0.4 is 10.2 Å². The van der Waals surface area contributed by atoms with Gasteiger partial charge in [0.05, 0.1) is 40.0 Å². The van der Waals surface area contributed by atoms with E-state index in [-0.39, 0.29) is 18.8 Å². The van der Waals surface area contributed by atoms with E-state index >= 15 is 0 Å². The molecule has 1 fully saturated rings. The van der Waals surface area contributed by atoms with Crippen molar-refractivity contribution in [1.29, 1.82) is 0 Å². The Hall–Kier alpha value is -2.65. The van der Waals surface area contributed by atoms with Crippen molar-refractivity contribution in [3.05, 3.63) is 46.2 Å². The lowest BCUT2D eigenvalue weighted by molar-refractivity contribution is 0.0528. The number of carbonyl (C=O) groups excluding carboxylic acids is 2. The summed E-state index contributed by atoms with van der Waals surface area (Å²) in [7, 11) is 0. The molecule has 164 valence electrons. The van der Waals surface area contributed by atoms with Crippen molar-refractivity contribution in [1.82, 2.24) is 15.3 Å². The van der Waals surface area contributed by atoms with Crippen LogP contribution in [0.15, 0.2) is 24.3 Å². The van der Waals surface area contributed by atoms with Crippen LogP contribution in [0.2, 0.25) is 5.02 Å². The van der Waals surface area contributed by atoms with Crippen LogP contribution in [0, 0.1) is 6.92 Å². The molecule has 2 N–H and O–H groups in total. The van der Waals surface area contributed by atoms with Gasteiger partial charge in [-0.05, 0) is 38.5 Å². The number of carbonyl (C=O) groups is 2. The van der Waals surface area contributed by atoms with Crippen LogP contribution in [-0.4, -0.2) is 53.8 Å². The molecule has 2 aromatic heterocycles. The number of esters is 1. The Morgan fingerprint density at radius 2 is 2.26 bits per heavy atom. The fourth-order valence-electron chi connectivity index (χ4n) is 3.64. The molecule has 1 aliphatic rings. The lowest BCUT2D eigenvalue weighted by atomic mass is 10.0. The van der Waals surface area contributed by atoms with Crippen LogP contribution >= 0.6 is 22.9 Å². The van der Waals surface area contributed by atoms with E-state index in [9.17, 15) is 14.0 Å². The summed E-state index contributed by atoms with van der Waals surface area (Å²) in [6.07, 6.45) is -0.853. The van der Waals surface area contributed by atoms with Crippen molar-refractivity contribution < 1.29 is 18.7 Å². The van der Waals surface area contributed by atoms with E-state index < -0.39 is 24.1 Å². The molecule has 10 heteroatoms. The number of aromatic nitrogens is 2. The fraction of sp³-hybridized carbons (Fsp3) is 0.381. The second-order valence-electron chi connectivity index (χ2n) is 7.38. The standard InChI is InChI=1S/C21H22ClFN4O3S/c1-3-30-20(29)12-5-4-6-16-18(12)31-21(26-16)27-8-7-15(14(23)10-27)25-19(28)17-13(22)9-11(2)24-17/h4-6,9,14-15,24H,3,7-8,10H2,1-2H3,(H,25,28)/t14-,15+/m0/s1. The lowest BCUT2D eigenvalue weighted by Gasteiger charge is -2.34. The summed E-state index contributed by atoms with van der Waals surface area (Å²) < 4.78 is 20.8. The molecule has 3 aromatic rings. The van der Waals surface area contributed by atoms with Gasteiger partial charge in [-0.25, -0.2) is 14.2 Å². The lowest BCUT2D eigenvalue weighted by Crippen LogP contribution is -2.52. The summed E-state index contributed by atoms with van der Waals surface area (Å²) in [5.41, 5.74) is 2.14. The maximum Gasteiger partial charge on any atom is 0.339 e. The van der Waals surface area contributed by atoms with Gasteiger partial charge in [0, 0.05) is 12.2 Å². The number of aryl methyl sites for hydroxylation is 1. The predicted octanol–water partition coefficient (Wildman–Crippen LogP) is 4.11. The third kappa shape index (κ3) is 4.38. The van der Waals surface area contributed by atoms with Gasteiger partial charge in [0.15, 0.2) is 5.13 Å². The van der Waals surface area contributed by atoms with Crippen LogP contribution in [0.25, 0.3) is 10.2 Å². The minimum absolute atomic E-state index is 0.0942. The first-order chi connectivity index (χ1) is 14.9. The van der Waals surface area contributed by atoms with Crippen molar-refractivity contribution in [2.45, 2.75) is 32.5 Å². The number of hydrogen-bond acceptors (Lipinski definition) is 6. The second-order valence-corrected chi connectivity index (χ2v) is 8.76. The normalized spacial score (nSPS) is 18.9. The number of thiazole rings is 1. The average Bonchev–Trinajstić information content (AvgIpc) is 3.32. The number of piperidine rings is 1. The monoisotopic (exact) mass is 464 g/mol. The zero-order valence-corrected chi connectivity index (χ0v) is 18.6. The van der Waals surface area contributed by atoms with Gasteiger partial charge in [-0.1, -0.05) is 29.0 Å². The summed E-state index contributed by atoms with van der Waals surface area (Å²) in [6, 6.07) is 6.32. The van der Waals surface area contributed by atoms with Crippen LogP contribution in [0.3, 0.4) is 0 Å². The minimum Gasteiger partial charge on any atom is -0.462 e. The molecule has 0 saturated carbocycles. The largest absolute Gasteiger partial charge is 0.462 e. The smallest absolute Gasteiger partial charge is 0.339 e. The Bertz CT molecular complexity index is 1130. The molecule has 4 rings (SSSR count). The molecule has 0 aliphatic carbocycles. The highest BCUT2D eigenvalue weighted by atomic mass is 35.5. The molecular weight excluding hydrogens is 443 g/mol. The van der Waals surface area contributed by atoms with Gasteiger partial charge >= 0.3 is 5.97 Å². The molecule has 0 unspecified atom stereocenters. The highest BCUT2D eigenvalue weighted by Crippen LogP contribution is 2.33. The fourth-order valence-corrected chi connectivity index (χ4v) is 5.04. The minimum atomic E-state index is -1.27. The summed E-state index contributed by atoms with van der Waals surface area (Å²) in [5, 5.41) is 3.70. The summed E-state index contributed by atoms with van der Waals surface area (Å²) in [6.45, 7) is 4.46. The molecule has 7 nitrogen and oxygen atoms in total. The van der Waals surface area contributed by atoms with E-state index in [4.69, 9.17) is 16.3 Å². The summed E-state index contributed by atoms with van der Waals surface area (Å²) in [4.78, 5) is 34.0. The number of benzene rings is 1. The van der Waals surface area contributed by atoms with Gasteiger partial charge in [0.1, 0.15) is 11.9 Å². The summed E-state index contributed by atoms with van der Waals surface area (Å²) >= 11 is 7.40. The van der Waals surface area contributed by atoms with Gasteiger partial charge in [-0.2, -0.15) is 0 Å². The Morgan fingerprint density at radius 1 is 1.45 bits per heavy atom. The van der Waals surface area contributed by atoms with E-state index in [2.05, 4.69) is 15.3 Å². The van der Waals surface area contributed by atoms with E-state index in [1.165, 1.54) is 11.3 Å². The first-order valence-corrected chi connectivity index (χ1v) is 11.2. The SMILES string of the molecule is CCOC(=O)c1cccc2nc(N3CC[C@@H](NC(=O)c4[nH]c(C)cc4Cl)[C@@H](F)C3)sc12. The number of alkyl halides is 1. The Morgan fingerprint density at radius 3 is 2.94 bits per heavy atom. The maximum atomic E-state index is 14.9. The van der Waals surface area contributed by atoms with Gasteiger partial charge in [-0.3, -0.25) is 4.79 Å². The Labute approximate surface area is 187 Å². The molecule has 1 saturated heterocycles. The number of aromatic amines is 1. The molecule has 1 amide bonds. The van der Waals surface area contributed by atoms with E-state index in [1.807, 2.05) is 11.0 Å². The van der Waals surface area contributed by atoms with Crippen LogP contribution in [0.1, 0.15) is 39.9 Å². The molecule has 1 aliphatic heterocycles. The molecule has 0 bridgehead atoms. The number of nitrogens with one attached hydrogen (secondary N) is 2. The predicted molar refractivity (Wildman–Crippen MR) is 119 cm³/mol. The van der Waals surface area contributed by atoms with E-state index in [0.29, 0.717) is 34.2 Å². The van der Waals surface area contributed by atoms with Crippen molar-refractivity contribution in [2.24, 2.45) is 0 Å². The third-order valence-electron chi connectivity index (χ3n) is 5.16. The van der Waals surface area contributed by atoms with Gasteiger partial charge in [0.2, 0.25) is 0 Å². The van der Waals surface area contributed by atoms with Crippen LogP contribution in [0.4, 0.5) is 9.52 Å². The molecule has 31 heavy (non-hydrogen) atoms. The molecule has 0 radical (unpaired) electrons. The molecule has 1 aromatic carbocycles. The first-order valence-electron chi connectivity index (χ1n) is 9.99. The molecule has 3 heterocycles. The number of hydrogen-bond donors (Lipinski definition) is 2. The van der Waals surface area contributed by atoms with Crippen molar-refractivity contribution >= 4 is 50.2 Å². The van der Waals surface area contributed by atoms with E-state index in [0.717, 1.165) is 10.4 Å². The number of fused-ring (bicyclic) bond motifs is 1. The van der Waals surface area contributed by atoms with Crippen LogP contribution in [0.5, 0.6) is 0 Å². The third-order valence-corrected chi connectivity index (χ3v) is 6.62. The second kappa shape index (κ2) is 8.84. The first kappa shape index (κ1) is 21.6. The summed E-state index contributed by atoms with van der Waals surface area (Å²) in [5.74, 6) is -0.815. The number of ether oxygens (including phenoxy) is 1. The zero-order chi connectivity index (χ0) is 22.1. The quantitative estimate of drug-likeness (QED) is 0.555. The van der Waals surface area contributed by atoms with E-state index in [1.54, 1.807) is 32.0 Å². The van der Waals surface area contributed by atoms with Crippen molar-refractivity contribution in [3.8, 4) is 0 Å². The number of halogens is 2. The number of rotatable bonds is 5. The zero-order valence-electron chi connectivity index (χ0n) is 17.1. The Balaban J connectivity index is 1.47. The number of H-pyrrole nitrogens is 1. The van der Waals surface area contributed by atoms with Crippen molar-refractivity contribution in [2.75, 3.05) is 24.6 Å². The average molecular weight is 465 g/mol. The molecular formula is C21H22ClFN4O3S. The number of anilines is 1. The maximum absolute atomic E-state index is 14.9. The molecule has 2 atom stereocenters.